The molecule has 0 spiro atoms. The monoisotopic (exact) mass is 271 g/mol. The van der Waals surface area contributed by atoms with Crippen LogP contribution in [-0.4, -0.2) is 6.04 Å². The number of nitrogens with one attached hydrogen (secondary N) is 1. The zero-order chi connectivity index (χ0) is 13.1. The second-order valence-electron chi connectivity index (χ2n) is 5.59. The molecule has 1 nitrogen and oxygen atoms in total. The molecule has 0 radical (unpaired) electrons. The maximum absolute atomic E-state index is 3.84. The Labute approximate surface area is 119 Å². The lowest BCUT2D eigenvalue weighted by Crippen LogP contribution is -2.32. The summed E-state index contributed by atoms with van der Waals surface area (Å²) in [7, 11) is 0. The molecule has 0 bridgehead atoms. The van der Waals surface area contributed by atoms with E-state index in [1.165, 1.54) is 23.3 Å². The van der Waals surface area contributed by atoms with Crippen LogP contribution in [0, 0.1) is 5.92 Å². The Bertz CT molecular complexity index is 487. The summed E-state index contributed by atoms with van der Waals surface area (Å²) in [6.45, 7) is 2.30. The SMILES string of the molecule is CC(Cc1ccccc1)NC(c1cccs1)C1CC1. The molecule has 1 aliphatic rings. The van der Waals surface area contributed by atoms with Crippen molar-refractivity contribution in [3.63, 3.8) is 0 Å². The van der Waals surface area contributed by atoms with Gasteiger partial charge in [0.2, 0.25) is 0 Å². The molecule has 1 heterocycles. The van der Waals surface area contributed by atoms with Crippen LogP contribution >= 0.6 is 11.3 Å². The van der Waals surface area contributed by atoms with Gasteiger partial charge < -0.3 is 5.32 Å². The molecule has 100 valence electrons. The van der Waals surface area contributed by atoms with E-state index in [2.05, 4.69) is 60.1 Å². The molecule has 2 atom stereocenters. The maximum Gasteiger partial charge on any atom is 0.0445 e. The van der Waals surface area contributed by atoms with E-state index in [4.69, 9.17) is 0 Å². The Morgan fingerprint density at radius 3 is 2.58 bits per heavy atom. The summed E-state index contributed by atoms with van der Waals surface area (Å²) in [6.07, 6.45) is 3.87. The highest BCUT2D eigenvalue weighted by atomic mass is 32.1. The zero-order valence-corrected chi connectivity index (χ0v) is 12.2. The van der Waals surface area contributed by atoms with Crippen LogP contribution in [0.15, 0.2) is 47.8 Å². The van der Waals surface area contributed by atoms with Crippen molar-refractivity contribution in [2.75, 3.05) is 0 Å². The minimum atomic E-state index is 0.523. The summed E-state index contributed by atoms with van der Waals surface area (Å²) < 4.78 is 0. The molecule has 1 saturated carbocycles. The van der Waals surface area contributed by atoms with Gasteiger partial charge in [-0.3, -0.25) is 0 Å². The molecular weight excluding hydrogens is 250 g/mol. The van der Waals surface area contributed by atoms with Gasteiger partial charge in [0.05, 0.1) is 0 Å². The third kappa shape index (κ3) is 3.46. The van der Waals surface area contributed by atoms with Gasteiger partial charge in [-0.15, -0.1) is 11.3 Å². The summed E-state index contributed by atoms with van der Waals surface area (Å²) in [5.41, 5.74) is 1.42. The van der Waals surface area contributed by atoms with E-state index >= 15 is 0 Å². The van der Waals surface area contributed by atoms with Gasteiger partial charge in [-0.2, -0.15) is 0 Å². The molecule has 1 aromatic heterocycles. The summed E-state index contributed by atoms with van der Waals surface area (Å²) in [4.78, 5) is 1.50. The number of rotatable bonds is 6. The van der Waals surface area contributed by atoms with Gasteiger partial charge in [0.1, 0.15) is 0 Å². The first-order chi connectivity index (χ1) is 9.33. The van der Waals surface area contributed by atoms with Crippen LogP contribution in [0.5, 0.6) is 0 Å². The molecule has 1 N–H and O–H groups in total. The van der Waals surface area contributed by atoms with E-state index < -0.39 is 0 Å². The average Bonchev–Trinajstić information content (AvgIpc) is 3.12. The van der Waals surface area contributed by atoms with Gasteiger partial charge in [-0.05, 0) is 49.1 Å². The fraction of sp³-hybridized carbons (Fsp3) is 0.412. The molecule has 2 aromatic rings. The number of thiophene rings is 1. The first-order valence-electron chi connectivity index (χ1n) is 7.16. The Balaban J connectivity index is 1.62. The molecule has 1 aliphatic carbocycles. The van der Waals surface area contributed by atoms with Crippen LogP contribution in [-0.2, 0) is 6.42 Å². The summed E-state index contributed by atoms with van der Waals surface area (Å²) in [5, 5.41) is 6.03. The molecule has 0 amide bonds. The number of hydrogen-bond acceptors (Lipinski definition) is 2. The summed E-state index contributed by atoms with van der Waals surface area (Å²) in [5.74, 6) is 0.858. The highest BCUT2D eigenvalue weighted by Crippen LogP contribution is 2.42. The van der Waals surface area contributed by atoms with Crippen molar-refractivity contribution in [1.29, 1.82) is 0 Å². The minimum Gasteiger partial charge on any atom is -0.306 e. The molecule has 19 heavy (non-hydrogen) atoms. The van der Waals surface area contributed by atoms with Crippen molar-refractivity contribution >= 4 is 11.3 Å². The number of hydrogen-bond donors (Lipinski definition) is 1. The van der Waals surface area contributed by atoms with Gasteiger partial charge in [-0.25, -0.2) is 0 Å². The second-order valence-corrected chi connectivity index (χ2v) is 6.57. The van der Waals surface area contributed by atoms with Crippen LogP contribution in [0.1, 0.15) is 36.2 Å². The van der Waals surface area contributed by atoms with Crippen molar-refractivity contribution in [2.24, 2.45) is 5.92 Å². The van der Waals surface area contributed by atoms with E-state index in [-0.39, 0.29) is 0 Å². The largest absolute Gasteiger partial charge is 0.306 e. The lowest BCUT2D eigenvalue weighted by atomic mass is 10.0. The van der Waals surface area contributed by atoms with Gasteiger partial charge in [0.15, 0.2) is 0 Å². The molecule has 0 saturated heterocycles. The van der Waals surface area contributed by atoms with Gasteiger partial charge in [0, 0.05) is 17.0 Å². The van der Waals surface area contributed by atoms with Crippen LogP contribution in [0.25, 0.3) is 0 Å². The predicted octanol–water partition coefficient (Wildman–Crippen LogP) is 4.42. The van der Waals surface area contributed by atoms with Crippen molar-refractivity contribution in [3.05, 3.63) is 58.3 Å². The Morgan fingerprint density at radius 1 is 1.16 bits per heavy atom. The Kier molecular flexibility index (Phi) is 4.00. The minimum absolute atomic E-state index is 0.523. The van der Waals surface area contributed by atoms with Crippen molar-refractivity contribution in [3.8, 4) is 0 Å². The van der Waals surface area contributed by atoms with E-state index in [9.17, 15) is 0 Å². The van der Waals surface area contributed by atoms with E-state index in [1.54, 1.807) is 0 Å². The molecule has 2 unspecified atom stereocenters. The highest BCUT2D eigenvalue weighted by molar-refractivity contribution is 7.10. The van der Waals surface area contributed by atoms with Gasteiger partial charge in [0.25, 0.3) is 0 Å². The fourth-order valence-electron chi connectivity index (χ4n) is 2.68. The summed E-state index contributed by atoms with van der Waals surface area (Å²) in [6, 6.07) is 16.3. The molecule has 0 aliphatic heterocycles. The Hall–Kier alpha value is -1.12. The quantitative estimate of drug-likeness (QED) is 0.820. The zero-order valence-electron chi connectivity index (χ0n) is 11.4. The maximum atomic E-state index is 3.84. The second kappa shape index (κ2) is 5.89. The van der Waals surface area contributed by atoms with Crippen LogP contribution in [0.3, 0.4) is 0 Å². The molecule has 1 aromatic carbocycles. The van der Waals surface area contributed by atoms with Crippen molar-refractivity contribution in [1.82, 2.24) is 5.32 Å². The fourth-order valence-corrected chi connectivity index (χ4v) is 3.56. The topological polar surface area (TPSA) is 12.0 Å². The first kappa shape index (κ1) is 12.9. The van der Waals surface area contributed by atoms with Crippen molar-refractivity contribution in [2.45, 2.75) is 38.3 Å². The lowest BCUT2D eigenvalue weighted by Gasteiger charge is -2.22. The molecular formula is C17H21NS. The normalized spacial score (nSPS) is 18.2. The molecule has 1 fully saturated rings. The molecule has 2 heteroatoms. The van der Waals surface area contributed by atoms with E-state index in [1.807, 2.05) is 11.3 Å². The van der Waals surface area contributed by atoms with Crippen molar-refractivity contribution < 1.29 is 0 Å². The van der Waals surface area contributed by atoms with Crippen LogP contribution in [0.2, 0.25) is 0 Å². The first-order valence-corrected chi connectivity index (χ1v) is 8.04. The van der Waals surface area contributed by atoms with Crippen LogP contribution in [0.4, 0.5) is 0 Å². The smallest absolute Gasteiger partial charge is 0.0445 e. The Morgan fingerprint density at radius 2 is 1.95 bits per heavy atom. The van der Waals surface area contributed by atoms with E-state index in [0.717, 1.165) is 12.3 Å². The summed E-state index contributed by atoms with van der Waals surface area (Å²) >= 11 is 1.89. The predicted molar refractivity (Wildman–Crippen MR) is 82.5 cm³/mol. The molecule has 3 rings (SSSR count). The lowest BCUT2D eigenvalue weighted by molar-refractivity contribution is 0.422. The highest BCUT2D eigenvalue weighted by Gasteiger charge is 2.33. The number of benzene rings is 1. The average molecular weight is 271 g/mol. The standard InChI is InChI=1S/C17H21NS/c1-13(12-14-6-3-2-4-7-14)18-17(15-9-10-15)16-8-5-11-19-16/h2-8,11,13,15,17-18H,9-10,12H2,1H3. The van der Waals surface area contributed by atoms with Crippen LogP contribution < -0.4 is 5.32 Å². The van der Waals surface area contributed by atoms with Gasteiger partial charge in [-0.1, -0.05) is 36.4 Å². The van der Waals surface area contributed by atoms with E-state index in [0.29, 0.717) is 12.1 Å². The third-order valence-corrected chi connectivity index (χ3v) is 4.75. The third-order valence-electron chi connectivity index (χ3n) is 3.79. The van der Waals surface area contributed by atoms with Gasteiger partial charge >= 0.3 is 0 Å².